The Kier molecular flexibility index (Phi) is 4.94. The van der Waals surface area contributed by atoms with E-state index in [1.54, 1.807) is 19.2 Å². The van der Waals surface area contributed by atoms with Gasteiger partial charge in [0.25, 0.3) is 0 Å². The predicted molar refractivity (Wildman–Crippen MR) is 48.3 cm³/mol. The first-order chi connectivity index (χ1) is 5.43. The third-order valence-corrected chi connectivity index (χ3v) is 2.62. The molecule has 1 fully saturated rings. The van der Waals surface area contributed by atoms with Gasteiger partial charge in [-0.3, -0.25) is 0 Å². The minimum atomic E-state index is 0.792. The Balaban J connectivity index is 1.86. The molecule has 0 amide bonds. The zero-order valence-corrected chi connectivity index (χ0v) is 7.82. The summed E-state index contributed by atoms with van der Waals surface area (Å²) in [5.41, 5.74) is 0. The van der Waals surface area contributed by atoms with E-state index in [0.717, 1.165) is 13.2 Å². The standard InChI is InChI=1S/C7H16N2OS/c1-10-7-4-8-11-9-5-2-3-6-9/h8H,2-7H2,1H3. The van der Waals surface area contributed by atoms with Crippen LogP contribution in [0.25, 0.3) is 0 Å². The SMILES string of the molecule is COCCNSN1CCCC1. The maximum absolute atomic E-state index is 4.91. The molecule has 1 aliphatic rings. The molecule has 0 unspecified atom stereocenters. The molecule has 0 spiro atoms. The van der Waals surface area contributed by atoms with Crippen molar-refractivity contribution in [3.63, 3.8) is 0 Å². The van der Waals surface area contributed by atoms with Crippen LogP contribution in [0.1, 0.15) is 12.8 Å². The first-order valence-electron chi connectivity index (χ1n) is 4.07. The van der Waals surface area contributed by atoms with Gasteiger partial charge >= 0.3 is 0 Å². The van der Waals surface area contributed by atoms with Gasteiger partial charge < -0.3 is 4.74 Å². The minimum absolute atomic E-state index is 0.792. The van der Waals surface area contributed by atoms with Crippen molar-refractivity contribution in [2.24, 2.45) is 0 Å². The van der Waals surface area contributed by atoms with E-state index in [-0.39, 0.29) is 0 Å². The molecule has 1 saturated heterocycles. The van der Waals surface area contributed by atoms with Gasteiger partial charge in [-0.15, -0.1) is 0 Å². The number of hydrogen-bond donors (Lipinski definition) is 1. The number of nitrogens with zero attached hydrogens (tertiary/aromatic N) is 1. The fourth-order valence-electron chi connectivity index (χ4n) is 1.06. The third kappa shape index (κ3) is 3.96. The van der Waals surface area contributed by atoms with Crippen molar-refractivity contribution >= 4 is 12.1 Å². The van der Waals surface area contributed by atoms with Crippen molar-refractivity contribution in [1.29, 1.82) is 0 Å². The van der Waals surface area contributed by atoms with Gasteiger partial charge in [-0.2, -0.15) is 0 Å². The zero-order valence-electron chi connectivity index (χ0n) is 7.01. The Morgan fingerprint density at radius 1 is 1.45 bits per heavy atom. The molecule has 66 valence electrons. The van der Waals surface area contributed by atoms with Crippen LogP contribution < -0.4 is 4.72 Å². The fourth-order valence-corrected chi connectivity index (χ4v) is 1.86. The maximum Gasteiger partial charge on any atom is 0.0596 e. The van der Waals surface area contributed by atoms with Gasteiger partial charge in [0.1, 0.15) is 0 Å². The topological polar surface area (TPSA) is 24.5 Å². The highest BCUT2D eigenvalue weighted by molar-refractivity contribution is 7.95. The second kappa shape index (κ2) is 5.83. The van der Waals surface area contributed by atoms with E-state index in [1.807, 2.05) is 0 Å². The first-order valence-corrected chi connectivity index (χ1v) is 4.84. The predicted octanol–water partition coefficient (Wildman–Crippen LogP) is 0.881. The van der Waals surface area contributed by atoms with E-state index in [2.05, 4.69) is 9.03 Å². The number of hydrogen-bond acceptors (Lipinski definition) is 4. The van der Waals surface area contributed by atoms with E-state index < -0.39 is 0 Å². The van der Waals surface area contributed by atoms with E-state index >= 15 is 0 Å². The molecule has 1 rings (SSSR count). The zero-order chi connectivity index (χ0) is 7.94. The third-order valence-electron chi connectivity index (χ3n) is 1.67. The number of methoxy groups -OCH3 is 1. The van der Waals surface area contributed by atoms with Crippen LogP contribution in [-0.4, -0.2) is 37.7 Å². The number of rotatable bonds is 5. The molecule has 0 bridgehead atoms. The summed E-state index contributed by atoms with van der Waals surface area (Å²) >= 11 is 1.73. The molecule has 1 heterocycles. The summed E-state index contributed by atoms with van der Waals surface area (Å²) in [5.74, 6) is 0. The molecule has 0 aliphatic carbocycles. The van der Waals surface area contributed by atoms with Gasteiger partial charge in [-0.25, -0.2) is 9.03 Å². The van der Waals surface area contributed by atoms with Crippen molar-refractivity contribution in [1.82, 2.24) is 9.03 Å². The second-order valence-corrected chi connectivity index (χ2v) is 3.60. The maximum atomic E-state index is 4.91. The second-order valence-electron chi connectivity index (χ2n) is 2.61. The Morgan fingerprint density at radius 3 is 2.82 bits per heavy atom. The fraction of sp³-hybridized carbons (Fsp3) is 1.00. The summed E-state index contributed by atoms with van der Waals surface area (Å²) < 4.78 is 10.5. The summed E-state index contributed by atoms with van der Waals surface area (Å²) in [6, 6.07) is 0. The molecule has 0 aromatic rings. The summed E-state index contributed by atoms with van der Waals surface area (Å²) in [6.45, 7) is 4.17. The monoisotopic (exact) mass is 176 g/mol. The lowest BCUT2D eigenvalue weighted by Gasteiger charge is -2.12. The molecule has 11 heavy (non-hydrogen) atoms. The van der Waals surface area contributed by atoms with Crippen molar-refractivity contribution in [2.75, 3.05) is 33.4 Å². The van der Waals surface area contributed by atoms with Crippen molar-refractivity contribution in [2.45, 2.75) is 12.8 Å². The molecule has 4 heteroatoms. The molecule has 0 aromatic heterocycles. The summed E-state index contributed by atoms with van der Waals surface area (Å²) in [7, 11) is 1.72. The van der Waals surface area contributed by atoms with Crippen LogP contribution in [0.5, 0.6) is 0 Å². The summed E-state index contributed by atoms with van der Waals surface area (Å²) in [6.07, 6.45) is 2.69. The van der Waals surface area contributed by atoms with E-state index in [1.165, 1.54) is 25.9 Å². The molecule has 3 nitrogen and oxygen atoms in total. The van der Waals surface area contributed by atoms with Gasteiger partial charge in [0, 0.05) is 38.9 Å². The average Bonchev–Trinajstić information content (AvgIpc) is 2.50. The van der Waals surface area contributed by atoms with Crippen LogP contribution in [0.2, 0.25) is 0 Å². The lowest BCUT2D eigenvalue weighted by Crippen LogP contribution is -2.20. The lowest BCUT2D eigenvalue weighted by atomic mass is 10.4. The Bertz CT molecular complexity index is 96.4. The molecule has 0 saturated carbocycles. The quantitative estimate of drug-likeness (QED) is 0.496. The average molecular weight is 176 g/mol. The summed E-state index contributed by atoms with van der Waals surface area (Å²) in [4.78, 5) is 0. The number of ether oxygens (including phenoxy) is 1. The summed E-state index contributed by atoms with van der Waals surface area (Å²) in [5, 5.41) is 0. The van der Waals surface area contributed by atoms with Crippen LogP contribution in [0.3, 0.4) is 0 Å². The molecular weight excluding hydrogens is 160 g/mol. The molecule has 1 N–H and O–H groups in total. The van der Waals surface area contributed by atoms with Crippen LogP contribution in [0.4, 0.5) is 0 Å². The molecule has 1 aliphatic heterocycles. The Labute approximate surface area is 72.7 Å². The van der Waals surface area contributed by atoms with E-state index in [0.29, 0.717) is 0 Å². The molecule has 0 aromatic carbocycles. The van der Waals surface area contributed by atoms with Crippen LogP contribution in [-0.2, 0) is 4.74 Å². The molecule has 0 radical (unpaired) electrons. The highest BCUT2D eigenvalue weighted by atomic mass is 32.2. The van der Waals surface area contributed by atoms with E-state index in [4.69, 9.17) is 4.74 Å². The smallest absolute Gasteiger partial charge is 0.0596 e. The first kappa shape index (κ1) is 9.32. The molecule has 0 atom stereocenters. The van der Waals surface area contributed by atoms with Gasteiger partial charge in [0.15, 0.2) is 0 Å². The molecular formula is C7H16N2OS. The van der Waals surface area contributed by atoms with Gasteiger partial charge in [-0.05, 0) is 12.8 Å². The van der Waals surface area contributed by atoms with Gasteiger partial charge in [0.2, 0.25) is 0 Å². The highest BCUT2D eigenvalue weighted by Crippen LogP contribution is 2.14. The van der Waals surface area contributed by atoms with Crippen molar-refractivity contribution in [3.8, 4) is 0 Å². The van der Waals surface area contributed by atoms with Crippen LogP contribution in [0, 0.1) is 0 Å². The normalized spacial score (nSPS) is 19.4. The van der Waals surface area contributed by atoms with Crippen LogP contribution >= 0.6 is 12.1 Å². The lowest BCUT2D eigenvalue weighted by molar-refractivity contribution is 0.205. The van der Waals surface area contributed by atoms with Crippen LogP contribution in [0.15, 0.2) is 0 Å². The Morgan fingerprint density at radius 2 is 2.18 bits per heavy atom. The van der Waals surface area contributed by atoms with Crippen molar-refractivity contribution < 1.29 is 4.74 Å². The number of nitrogens with one attached hydrogen (secondary N) is 1. The van der Waals surface area contributed by atoms with Crippen molar-refractivity contribution in [3.05, 3.63) is 0 Å². The highest BCUT2D eigenvalue weighted by Gasteiger charge is 2.10. The van der Waals surface area contributed by atoms with E-state index in [9.17, 15) is 0 Å². The van der Waals surface area contributed by atoms with Gasteiger partial charge in [0.05, 0.1) is 6.61 Å². The largest absolute Gasteiger partial charge is 0.383 e. The Hall–Kier alpha value is 0.230. The minimum Gasteiger partial charge on any atom is -0.383 e. The van der Waals surface area contributed by atoms with Gasteiger partial charge in [-0.1, -0.05) is 0 Å².